The van der Waals surface area contributed by atoms with Crippen LogP contribution >= 0.6 is 0 Å². The maximum Gasteiger partial charge on any atom is 0.329 e. The van der Waals surface area contributed by atoms with Gasteiger partial charge in [-0.15, -0.1) is 0 Å². The molecule has 0 bridgehead atoms. The number of piperidine rings is 1. The van der Waals surface area contributed by atoms with Crippen LogP contribution in [0.3, 0.4) is 0 Å². The fourth-order valence-electron chi connectivity index (χ4n) is 3.11. The lowest BCUT2D eigenvalue weighted by Crippen LogP contribution is -2.54. The smallest absolute Gasteiger partial charge is 0.329 e. The number of amides is 2. The number of aliphatic carboxylic acids is 1. The van der Waals surface area contributed by atoms with E-state index in [1.807, 2.05) is 35.2 Å². The molecule has 2 N–H and O–H groups in total. The highest BCUT2D eigenvalue weighted by molar-refractivity contribution is 5.88. The average molecular weight is 360 g/mol. The molecule has 6 heteroatoms. The molecule has 1 unspecified atom stereocenters. The van der Waals surface area contributed by atoms with E-state index >= 15 is 0 Å². The first-order valence-corrected chi connectivity index (χ1v) is 9.23. The van der Waals surface area contributed by atoms with Gasteiger partial charge >= 0.3 is 5.97 Å². The number of carboxylic acids is 1. The van der Waals surface area contributed by atoms with Gasteiger partial charge in [-0.05, 0) is 38.2 Å². The van der Waals surface area contributed by atoms with Gasteiger partial charge in [0.2, 0.25) is 11.8 Å². The first-order valence-electron chi connectivity index (χ1n) is 9.23. The number of carboxylic acid groups (broad SMARTS) is 1. The monoisotopic (exact) mass is 360 g/mol. The van der Waals surface area contributed by atoms with Gasteiger partial charge in [-0.25, -0.2) is 4.79 Å². The van der Waals surface area contributed by atoms with Crippen LogP contribution in [0.2, 0.25) is 0 Å². The zero-order chi connectivity index (χ0) is 19.2. The number of nitrogens with one attached hydrogen (secondary N) is 1. The molecule has 1 aliphatic heterocycles. The Bertz CT molecular complexity index is 638. The molecule has 1 aliphatic rings. The summed E-state index contributed by atoms with van der Waals surface area (Å²) in [6.45, 7) is 4.35. The quantitative estimate of drug-likeness (QED) is 0.781. The number of hydrogen-bond acceptors (Lipinski definition) is 3. The van der Waals surface area contributed by atoms with Gasteiger partial charge in [-0.2, -0.15) is 0 Å². The Morgan fingerprint density at radius 2 is 1.81 bits per heavy atom. The number of aryl methyl sites for hydroxylation is 1. The van der Waals surface area contributed by atoms with Gasteiger partial charge in [0.05, 0.1) is 0 Å². The van der Waals surface area contributed by atoms with Crippen molar-refractivity contribution in [3.63, 3.8) is 0 Å². The second-order valence-corrected chi connectivity index (χ2v) is 7.12. The number of likely N-dealkylation sites (tertiary alicyclic amines) is 1. The molecule has 1 aromatic carbocycles. The number of rotatable bonds is 7. The number of hydrogen-bond donors (Lipinski definition) is 2. The molecular formula is C20H28N2O4. The zero-order valence-corrected chi connectivity index (χ0v) is 15.5. The summed E-state index contributed by atoms with van der Waals surface area (Å²) in [6.07, 6.45) is 2.65. The molecular weight excluding hydrogens is 332 g/mol. The van der Waals surface area contributed by atoms with E-state index in [4.69, 9.17) is 0 Å². The third kappa shape index (κ3) is 5.07. The molecule has 0 spiro atoms. The van der Waals surface area contributed by atoms with Crippen LogP contribution in [0.1, 0.15) is 45.1 Å². The average Bonchev–Trinajstić information content (AvgIpc) is 2.66. The van der Waals surface area contributed by atoms with Gasteiger partial charge in [0.25, 0.3) is 0 Å². The maximum atomic E-state index is 12.4. The highest BCUT2D eigenvalue weighted by Gasteiger charge is 2.36. The summed E-state index contributed by atoms with van der Waals surface area (Å²) >= 11 is 0. The van der Waals surface area contributed by atoms with Crippen molar-refractivity contribution in [3.05, 3.63) is 35.9 Å². The largest absolute Gasteiger partial charge is 0.480 e. The number of carbonyl (C=O) groups excluding carboxylic acids is 2. The Balaban J connectivity index is 1.80. The summed E-state index contributed by atoms with van der Waals surface area (Å²) in [5.41, 5.74) is -0.0951. The van der Waals surface area contributed by atoms with Crippen LogP contribution in [-0.2, 0) is 20.8 Å². The highest BCUT2D eigenvalue weighted by Crippen LogP contribution is 2.20. The summed E-state index contributed by atoms with van der Waals surface area (Å²) in [7, 11) is 0. The van der Waals surface area contributed by atoms with Crippen LogP contribution in [0, 0.1) is 5.92 Å². The minimum Gasteiger partial charge on any atom is -0.480 e. The Labute approximate surface area is 154 Å². The van der Waals surface area contributed by atoms with E-state index in [-0.39, 0.29) is 17.7 Å². The van der Waals surface area contributed by atoms with Crippen molar-refractivity contribution in [2.24, 2.45) is 5.92 Å². The topological polar surface area (TPSA) is 86.7 Å². The lowest BCUT2D eigenvalue weighted by molar-refractivity contribution is -0.148. The Kier molecular flexibility index (Phi) is 6.77. The highest BCUT2D eigenvalue weighted by atomic mass is 16.4. The van der Waals surface area contributed by atoms with Crippen LogP contribution < -0.4 is 5.32 Å². The van der Waals surface area contributed by atoms with Crippen LogP contribution in [-0.4, -0.2) is 46.4 Å². The second-order valence-electron chi connectivity index (χ2n) is 7.12. The van der Waals surface area contributed by atoms with Gasteiger partial charge in [0.1, 0.15) is 5.54 Å². The molecule has 0 saturated carbocycles. The SMILES string of the molecule is CCC(C)(NC(=O)C1CCN(C(=O)CCc2ccccc2)CC1)C(=O)O. The fourth-order valence-corrected chi connectivity index (χ4v) is 3.11. The molecule has 0 aliphatic carbocycles. The molecule has 1 heterocycles. The van der Waals surface area contributed by atoms with E-state index < -0.39 is 11.5 Å². The van der Waals surface area contributed by atoms with E-state index in [1.165, 1.54) is 6.92 Å². The summed E-state index contributed by atoms with van der Waals surface area (Å²) in [6, 6.07) is 9.90. The van der Waals surface area contributed by atoms with Gasteiger partial charge in [0, 0.05) is 25.4 Å². The molecule has 1 aromatic rings. The summed E-state index contributed by atoms with van der Waals surface area (Å²) < 4.78 is 0. The Morgan fingerprint density at radius 3 is 2.35 bits per heavy atom. The minimum absolute atomic E-state index is 0.108. The molecule has 0 radical (unpaired) electrons. The first-order chi connectivity index (χ1) is 12.4. The van der Waals surface area contributed by atoms with Gasteiger partial charge in [0.15, 0.2) is 0 Å². The first kappa shape index (κ1) is 19.9. The maximum absolute atomic E-state index is 12.4. The van der Waals surface area contributed by atoms with Gasteiger partial charge in [-0.1, -0.05) is 37.3 Å². The van der Waals surface area contributed by atoms with E-state index in [1.54, 1.807) is 6.92 Å². The summed E-state index contributed by atoms with van der Waals surface area (Å²) in [4.78, 5) is 37.9. The normalized spacial score (nSPS) is 17.4. The molecule has 0 aromatic heterocycles. The van der Waals surface area contributed by atoms with Crippen LogP contribution in [0.5, 0.6) is 0 Å². The number of carbonyl (C=O) groups is 3. The van der Waals surface area contributed by atoms with E-state index in [2.05, 4.69) is 5.32 Å². The lowest BCUT2D eigenvalue weighted by Gasteiger charge is -2.33. The molecule has 6 nitrogen and oxygen atoms in total. The van der Waals surface area contributed by atoms with Crippen molar-refractivity contribution in [3.8, 4) is 0 Å². The van der Waals surface area contributed by atoms with Crippen molar-refractivity contribution in [1.82, 2.24) is 10.2 Å². The van der Waals surface area contributed by atoms with Crippen molar-refractivity contribution in [1.29, 1.82) is 0 Å². The third-order valence-corrected chi connectivity index (χ3v) is 5.27. The van der Waals surface area contributed by atoms with Crippen LogP contribution in [0.25, 0.3) is 0 Å². The molecule has 1 saturated heterocycles. The molecule has 1 atom stereocenters. The lowest BCUT2D eigenvalue weighted by atomic mass is 9.92. The van der Waals surface area contributed by atoms with E-state index in [0.717, 1.165) is 5.56 Å². The molecule has 2 rings (SSSR count). The number of nitrogens with zero attached hydrogens (tertiary/aromatic N) is 1. The van der Waals surface area contributed by atoms with Crippen molar-refractivity contribution < 1.29 is 19.5 Å². The molecule has 142 valence electrons. The van der Waals surface area contributed by atoms with E-state index in [0.29, 0.717) is 45.2 Å². The van der Waals surface area contributed by atoms with Crippen LogP contribution in [0.4, 0.5) is 0 Å². The fraction of sp³-hybridized carbons (Fsp3) is 0.550. The van der Waals surface area contributed by atoms with Gasteiger partial charge in [-0.3, -0.25) is 9.59 Å². The van der Waals surface area contributed by atoms with Crippen molar-refractivity contribution in [2.75, 3.05) is 13.1 Å². The standard InChI is InChI=1S/C20H28N2O4/c1-3-20(2,19(25)26)21-18(24)16-11-13-22(14-12-16)17(23)10-9-15-7-5-4-6-8-15/h4-8,16H,3,9-14H2,1-2H3,(H,21,24)(H,25,26). The minimum atomic E-state index is -1.24. The molecule has 26 heavy (non-hydrogen) atoms. The van der Waals surface area contributed by atoms with Crippen LogP contribution in [0.15, 0.2) is 30.3 Å². The predicted molar refractivity (Wildman–Crippen MR) is 98.5 cm³/mol. The molecule has 2 amide bonds. The van der Waals surface area contributed by atoms with Gasteiger partial charge < -0.3 is 15.3 Å². The second kappa shape index (κ2) is 8.83. The Hall–Kier alpha value is -2.37. The zero-order valence-electron chi connectivity index (χ0n) is 15.5. The Morgan fingerprint density at radius 1 is 1.19 bits per heavy atom. The van der Waals surface area contributed by atoms with E-state index in [9.17, 15) is 19.5 Å². The summed E-state index contributed by atoms with van der Waals surface area (Å²) in [5, 5.41) is 11.9. The predicted octanol–water partition coefficient (Wildman–Crippen LogP) is 2.23. The summed E-state index contributed by atoms with van der Waals surface area (Å²) in [5.74, 6) is -1.38. The van der Waals surface area contributed by atoms with Crippen molar-refractivity contribution >= 4 is 17.8 Å². The van der Waals surface area contributed by atoms with Crippen molar-refractivity contribution in [2.45, 2.75) is 51.5 Å². The third-order valence-electron chi connectivity index (χ3n) is 5.27. The number of benzene rings is 1. The molecule has 1 fully saturated rings.